The van der Waals surface area contributed by atoms with Gasteiger partial charge in [0.15, 0.2) is 0 Å². The van der Waals surface area contributed by atoms with Gasteiger partial charge in [0.1, 0.15) is 0 Å². The Morgan fingerprint density at radius 3 is 2.95 bits per heavy atom. The summed E-state index contributed by atoms with van der Waals surface area (Å²) in [7, 11) is 0. The average molecular weight is 285 g/mol. The zero-order valence-electron chi connectivity index (χ0n) is 12.3. The third-order valence-corrected chi connectivity index (χ3v) is 5.23. The number of amides is 1. The summed E-state index contributed by atoms with van der Waals surface area (Å²) < 4.78 is 0. The van der Waals surface area contributed by atoms with Crippen molar-refractivity contribution in [2.24, 2.45) is 17.6 Å². The fraction of sp³-hybridized carbons (Fsp3) is 0.588. The Kier molecular flexibility index (Phi) is 3.14. The van der Waals surface area contributed by atoms with Crippen LogP contribution in [0.5, 0.6) is 0 Å². The number of para-hydroxylation sites is 1. The van der Waals surface area contributed by atoms with Gasteiger partial charge in [-0.25, -0.2) is 0 Å². The van der Waals surface area contributed by atoms with Crippen LogP contribution in [0.4, 0.5) is 5.69 Å². The third-order valence-electron chi connectivity index (χ3n) is 5.23. The highest BCUT2D eigenvalue weighted by molar-refractivity contribution is 6.00. The third kappa shape index (κ3) is 2.31. The molecule has 0 radical (unpaired) electrons. The van der Waals surface area contributed by atoms with Crippen molar-refractivity contribution in [3.05, 3.63) is 29.3 Å². The number of nitrogens with two attached hydrogens (primary N) is 1. The first-order valence-corrected chi connectivity index (χ1v) is 8.14. The minimum Gasteiger partial charge on any atom is -0.384 e. The Labute approximate surface area is 125 Å². The molecule has 2 heterocycles. The number of rotatable bonds is 2. The van der Waals surface area contributed by atoms with E-state index in [0.29, 0.717) is 12.5 Å². The van der Waals surface area contributed by atoms with Crippen LogP contribution < -0.4 is 11.1 Å². The Morgan fingerprint density at radius 2 is 2.14 bits per heavy atom. The molecule has 1 aromatic carbocycles. The van der Waals surface area contributed by atoms with Gasteiger partial charge >= 0.3 is 0 Å². The molecule has 4 heteroatoms. The van der Waals surface area contributed by atoms with E-state index in [1.54, 1.807) is 0 Å². The maximum atomic E-state index is 12.9. The predicted octanol–water partition coefficient (Wildman–Crippen LogP) is 1.85. The zero-order chi connectivity index (χ0) is 14.4. The number of aryl methyl sites for hydroxylation is 1. The van der Waals surface area contributed by atoms with Crippen LogP contribution in [0.3, 0.4) is 0 Å². The molecule has 1 aliphatic carbocycles. The summed E-state index contributed by atoms with van der Waals surface area (Å²) in [5.74, 6) is 1.43. The van der Waals surface area contributed by atoms with E-state index in [-0.39, 0.29) is 11.9 Å². The van der Waals surface area contributed by atoms with Gasteiger partial charge in [0, 0.05) is 25.7 Å². The molecule has 112 valence electrons. The first-order chi connectivity index (χ1) is 10.2. The molecule has 2 fully saturated rings. The van der Waals surface area contributed by atoms with Crippen molar-refractivity contribution in [3.63, 3.8) is 0 Å². The van der Waals surface area contributed by atoms with Crippen molar-refractivity contribution >= 4 is 11.6 Å². The molecule has 2 atom stereocenters. The average Bonchev–Trinajstić information content (AvgIpc) is 3.28. The molecule has 1 saturated heterocycles. The number of carbonyl (C=O) groups excluding carboxylic acids is 1. The van der Waals surface area contributed by atoms with Crippen LogP contribution in [0.25, 0.3) is 0 Å². The maximum absolute atomic E-state index is 12.9. The number of hydrogen-bond donors (Lipinski definition) is 2. The molecule has 1 saturated carbocycles. The second-order valence-corrected chi connectivity index (χ2v) is 6.75. The summed E-state index contributed by atoms with van der Waals surface area (Å²) in [5, 5.41) is 3.41. The number of nitrogens with zero attached hydrogens (tertiary/aromatic N) is 1. The lowest BCUT2D eigenvalue weighted by molar-refractivity contribution is 0.0785. The first kappa shape index (κ1) is 13.1. The molecular weight excluding hydrogens is 262 g/mol. The van der Waals surface area contributed by atoms with Crippen molar-refractivity contribution in [3.8, 4) is 0 Å². The van der Waals surface area contributed by atoms with Crippen LogP contribution in [-0.4, -0.2) is 36.5 Å². The van der Waals surface area contributed by atoms with Gasteiger partial charge in [-0.05, 0) is 49.1 Å². The van der Waals surface area contributed by atoms with Crippen molar-refractivity contribution in [1.82, 2.24) is 4.90 Å². The van der Waals surface area contributed by atoms with Crippen LogP contribution >= 0.6 is 0 Å². The first-order valence-electron chi connectivity index (χ1n) is 8.14. The van der Waals surface area contributed by atoms with Crippen LogP contribution in [0, 0.1) is 11.8 Å². The number of hydrogen-bond acceptors (Lipinski definition) is 3. The minimum atomic E-state index is 0.153. The van der Waals surface area contributed by atoms with Gasteiger partial charge in [0.05, 0.1) is 11.3 Å². The summed E-state index contributed by atoms with van der Waals surface area (Å²) >= 11 is 0. The van der Waals surface area contributed by atoms with E-state index in [9.17, 15) is 4.79 Å². The Morgan fingerprint density at radius 1 is 1.29 bits per heavy atom. The van der Waals surface area contributed by atoms with Crippen LogP contribution in [0.2, 0.25) is 0 Å². The summed E-state index contributed by atoms with van der Waals surface area (Å²) in [6.07, 6.45) is 4.79. The SMILES string of the molecule is N[C@@H]1CN(C(=O)c2cccc3c2NCCC3)C[C@H]1C1CC1. The highest BCUT2D eigenvalue weighted by Crippen LogP contribution is 2.41. The summed E-state index contributed by atoms with van der Waals surface area (Å²) in [4.78, 5) is 14.9. The van der Waals surface area contributed by atoms with Crippen molar-refractivity contribution in [1.29, 1.82) is 0 Å². The number of likely N-dealkylation sites (tertiary alicyclic amines) is 1. The van der Waals surface area contributed by atoms with Crippen molar-refractivity contribution in [2.75, 3.05) is 25.0 Å². The van der Waals surface area contributed by atoms with Gasteiger partial charge in [0.25, 0.3) is 5.91 Å². The van der Waals surface area contributed by atoms with Crippen LogP contribution in [0.15, 0.2) is 18.2 Å². The fourth-order valence-electron chi connectivity index (χ4n) is 3.90. The van der Waals surface area contributed by atoms with Crippen molar-refractivity contribution in [2.45, 2.75) is 31.7 Å². The lowest BCUT2D eigenvalue weighted by Gasteiger charge is -2.23. The molecule has 3 N–H and O–H groups in total. The highest BCUT2D eigenvalue weighted by atomic mass is 16.2. The molecule has 1 aromatic rings. The van der Waals surface area contributed by atoms with Crippen LogP contribution in [-0.2, 0) is 6.42 Å². The molecule has 0 bridgehead atoms. The molecule has 3 aliphatic rings. The molecule has 0 unspecified atom stereocenters. The minimum absolute atomic E-state index is 0.153. The number of fused-ring (bicyclic) bond motifs is 1. The van der Waals surface area contributed by atoms with Gasteiger partial charge in [-0.1, -0.05) is 12.1 Å². The topological polar surface area (TPSA) is 58.4 Å². The molecule has 1 amide bonds. The molecule has 0 spiro atoms. The smallest absolute Gasteiger partial charge is 0.256 e. The molecule has 0 aromatic heterocycles. The standard InChI is InChI=1S/C17H23N3O/c18-15-10-20(9-14(15)11-6-7-11)17(21)13-5-1-3-12-4-2-8-19-16(12)13/h1,3,5,11,14-15,19H,2,4,6-10,18H2/t14-,15+/m0/s1. The number of benzene rings is 1. The lowest BCUT2D eigenvalue weighted by Crippen LogP contribution is -2.33. The number of carbonyl (C=O) groups is 1. The quantitative estimate of drug-likeness (QED) is 0.872. The van der Waals surface area contributed by atoms with Gasteiger partial charge in [-0.15, -0.1) is 0 Å². The molecule has 4 nitrogen and oxygen atoms in total. The highest BCUT2D eigenvalue weighted by Gasteiger charge is 2.42. The fourth-order valence-corrected chi connectivity index (χ4v) is 3.90. The molecule has 4 rings (SSSR count). The van der Waals surface area contributed by atoms with Gasteiger partial charge in [-0.3, -0.25) is 4.79 Å². The predicted molar refractivity (Wildman–Crippen MR) is 83.3 cm³/mol. The largest absolute Gasteiger partial charge is 0.384 e. The van der Waals surface area contributed by atoms with Gasteiger partial charge < -0.3 is 16.0 Å². The van der Waals surface area contributed by atoms with E-state index in [1.165, 1.54) is 18.4 Å². The van der Waals surface area contributed by atoms with Crippen LogP contribution in [0.1, 0.15) is 35.2 Å². The Hall–Kier alpha value is -1.55. The summed E-state index contributed by atoms with van der Waals surface area (Å²) in [5.41, 5.74) is 9.41. The normalized spacial score (nSPS) is 28.1. The molecule has 21 heavy (non-hydrogen) atoms. The Balaban J connectivity index is 1.58. The molecule has 2 aliphatic heterocycles. The summed E-state index contributed by atoms with van der Waals surface area (Å²) in [6.45, 7) is 2.51. The second kappa shape index (κ2) is 5.02. The van der Waals surface area contributed by atoms with E-state index in [1.807, 2.05) is 17.0 Å². The van der Waals surface area contributed by atoms with E-state index in [4.69, 9.17) is 5.73 Å². The molecular formula is C17H23N3O. The van der Waals surface area contributed by atoms with E-state index >= 15 is 0 Å². The lowest BCUT2D eigenvalue weighted by atomic mass is 9.98. The van der Waals surface area contributed by atoms with Crippen molar-refractivity contribution < 1.29 is 4.79 Å². The van der Waals surface area contributed by atoms with E-state index < -0.39 is 0 Å². The Bertz CT molecular complexity index is 567. The zero-order valence-corrected chi connectivity index (χ0v) is 12.3. The van der Waals surface area contributed by atoms with Gasteiger partial charge in [0.2, 0.25) is 0 Å². The van der Waals surface area contributed by atoms with Gasteiger partial charge in [-0.2, -0.15) is 0 Å². The summed E-state index contributed by atoms with van der Waals surface area (Å²) in [6, 6.07) is 6.25. The number of nitrogens with one attached hydrogen (secondary N) is 1. The second-order valence-electron chi connectivity index (χ2n) is 6.75. The van der Waals surface area contributed by atoms with E-state index in [2.05, 4.69) is 11.4 Å². The monoisotopic (exact) mass is 285 g/mol. The number of anilines is 1. The maximum Gasteiger partial charge on any atom is 0.256 e. The van der Waals surface area contributed by atoms with E-state index in [0.717, 1.165) is 43.1 Å².